The summed E-state index contributed by atoms with van der Waals surface area (Å²) in [5, 5.41) is 2.61. The molecule has 0 atom stereocenters. The molecular weight excluding hydrogens is 889 g/mol. The van der Waals surface area contributed by atoms with E-state index in [9.17, 15) is 0 Å². The molecular formula is C47H50GeIrN2S-2. The molecule has 7 rings (SSSR count). The third-order valence-corrected chi connectivity index (χ3v) is 14.4. The van der Waals surface area contributed by atoms with Gasteiger partial charge >= 0.3 is 128 Å². The SMILES string of the molecule is Cc1cc(C)cc(-c2cccc3sc4c(-c5cc(C(C)(C)C)ccn5)[c-]ccc4c23)c1.[2H]C([2H])(c1c[c]([Ge]([CH3])([CH3])[CH3])cnc1-c1[c-]cccc1)C(C)C.[Ir]. The predicted molar refractivity (Wildman–Crippen MR) is 225 cm³/mol. The van der Waals surface area contributed by atoms with E-state index in [1.807, 2.05) is 67.9 Å². The van der Waals surface area contributed by atoms with Gasteiger partial charge in [0.1, 0.15) is 0 Å². The third kappa shape index (κ3) is 9.02. The summed E-state index contributed by atoms with van der Waals surface area (Å²) < 4.78 is 20.9. The van der Waals surface area contributed by atoms with Gasteiger partial charge < -0.3 is 4.98 Å². The fourth-order valence-electron chi connectivity index (χ4n) is 6.44. The Morgan fingerprint density at radius 1 is 0.846 bits per heavy atom. The fraction of sp³-hybridized carbons (Fsp3) is 0.277. The van der Waals surface area contributed by atoms with Crippen LogP contribution in [0.3, 0.4) is 0 Å². The summed E-state index contributed by atoms with van der Waals surface area (Å²) in [6, 6.07) is 38.4. The number of aryl methyl sites for hydroxylation is 2. The number of hydrogen-bond acceptors (Lipinski definition) is 3. The summed E-state index contributed by atoms with van der Waals surface area (Å²) >= 11 is -0.217. The number of hydrogen-bond donors (Lipinski definition) is 0. The van der Waals surface area contributed by atoms with Crippen molar-refractivity contribution >= 4 is 49.2 Å². The monoisotopic (exact) mass is 943 g/mol. The summed E-state index contributed by atoms with van der Waals surface area (Å²) in [7, 11) is 0. The minimum Gasteiger partial charge on any atom is 0 e. The molecule has 0 unspecified atom stereocenters. The first kappa shape index (κ1) is 36.9. The molecule has 0 spiro atoms. The number of nitrogens with zero attached hydrogens (tertiary/aromatic N) is 2. The van der Waals surface area contributed by atoms with Gasteiger partial charge in [-0.2, -0.15) is 11.3 Å². The van der Waals surface area contributed by atoms with Crippen molar-refractivity contribution in [2.24, 2.45) is 5.92 Å². The summed E-state index contributed by atoms with van der Waals surface area (Å²) in [5.41, 5.74) is 10.9. The van der Waals surface area contributed by atoms with E-state index in [2.05, 4.69) is 130 Å². The Hall–Kier alpha value is -3.41. The summed E-state index contributed by atoms with van der Waals surface area (Å²) in [6.07, 6.45) is 2.46. The zero-order valence-corrected chi connectivity index (χ0v) is 37.3. The van der Waals surface area contributed by atoms with Crippen LogP contribution in [0.4, 0.5) is 0 Å². The Morgan fingerprint density at radius 3 is 2.25 bits per heavy atom. The van der Waals surface area contributed by atoms with Crippen molar-refractivity contribution in [1.29, 1.82) is 0 Å². The second-order valence-corrected chi connectivity index (χ2v) is 27.6. The summed E-state index contributed by atoms with van der Waals surface area (Å²) in [4.78, 5) is 9.36. The maximum Gasteiger partial charge on any atom is 0 e. The first-order valence-corrected chi connectivity index (χ1v) is 26.0. The van der Waals surface area contributed by atoms with E-state index in [-0.39, 0.29) is 31.4 Å². The van der Waals surface area contributed by atoms with Gasteiger partial charge in [0.25, 0.3) is 0 Å². The van der Waals surface area contributed by atoms with Crippen LogP contribution in [0.1, 0.15) is 59.6 Å². The number of thiophene rings is 1. The number of benzene rings is 4. The zero-order chi connectivity index (χ0) is 38.3. The molecule has 1 radical (unpaired) electrons. The zero-order valence-electron chi connectivity index (χ0n) is 34.0. The minimum absolute atomic E-state index is 0. The van der Waals surface area contributed by atoms with Gasteiger partial charge in [0.2, 0.25) is 0 Å². The minimum atomic E-state index is -2.06. The Bertz CT molecular complexity index is 2390. The molecule has 269 valence electrons. The number of fused-ring (bicyclic) bond motifs is 3. The van der Waals surface area contributed by atoms with Crippen LogP contribution in [-0.4, -0.2) is 23.2 Å². The average Bonchev–Trinajstić information content (AvgIpc) is 3.50. The molecule has 3 heterocycles. The molecule has 3 aromatic heterocycles. The van der Waals surface area contributed by atoms with Gasteiger partial charge in [-0.1, -0.05) is 73.7 Å². The summed E-state index contributed by atoms with van der Waals surface area (Å²) in [5.74, 6) is 6.81. The Morgan fingerprint density at radius 2 is 1.60 bits per heavy atom. The van der Waals surface area contributed by atoms with E-state index in [0.29, 0.717) is 5.56 Å². The van der Waals surface area contributed by atoms with Crippen LogP contribution in [0.2, 0.25) is 17.3 Å². The van der Waals surface area contributed by atoms with Crippen molar-refractivity contribution in [2.75, 3.05) is 0 Å². The van der Waals surface area contributed by atoms with E-state index in [4.69, 9.17) is 7.73 Å². The van der Waals surface area contributed by atoms with Crippen LogP contribution in [-0.2, 0) is 31.9 Å². The van der Waals surface area contributed by atoms with Crippen molar-refractivity contribution in [3.05, 3.63) is 138 Å². The van der Waals surface area contributed by atoms with Crippen LogP contribution >= 0.6 is 11.3 Å². The van der Waals surface area contributed by atoms with Crippen LogP contribution in [0, 0.1) is 31.9 Å². The van der Waals surface area contributed by atoms with Crippen LogP contribution in [0.5, 0.6) is 0 Å². The van der Waals surface area contributed by atoms with Crippen LogP contribution < -0.4 is 4.40 Å². The van der Waals surface area contributed by atoms with Gasteiger partial charge in [0.05, 0.1) is 0 Å². The van der Waals surface area contributed by atoms with E-state index >= 15 is 0 Å². The smallest absolute Gasteiger partial charge is 0 e. The average molecular weight is 942 g/mol. The third-order valence-electron chi connectivity index (χ3n) is 9.03. The molecule has 5 heteroatoms. The Labute approximate surface area is 334 Å². The maximum atomic E-state index is 8.55. The van der Waals surface area contributed by atoms with E-state index in [1.165, 1.54) is 52.4 Å². The number of pyridine rings is 2. The first-order valence-electron chi connectivity index (χ1n) is 18.8. The number of rotatable bonds is 6. The molecule has 0 bridgehead atoms. The first-order chi connectivity index (χ1) is 24.9. The Kier molecular flexibility index (Phi) is 11.6. The van der Waals surface area contributed by atoms with Gasteiger partial charge in [-0.05, 0) is 63.9 Å². The molecule has 0 aliphatic carbocycles. The van der Waals surface area contributed by atoms with Crippen molar-refractivity contribution in [1.82, 2.24) is 9.97 Å². The van der Waals surface area contributed by atoms with E-state index in [0.717, 1.165) is 22.5 Å². The molecule has 52 heavy (non-hydrogen) atoms. The molecule has 0 fully saturated rings. The largest absolute Gasteiger partial charge is 0 e. The quantitative estimate of drug-likeness (QED) is 0.123. The van der Waals surface area contributed by atoms with E-state index in [1.54, 1.807) is 0 Å². The molecule has 0 N–H and O–H groups in total. The van der Waals surface area contributed by atoms with Gasteiger partial charge in [-0.15, -0.1) is 23.8 Å². The van der Waals surface area contributed by atoms with Gasteiger partial charge in [-0.25, -0.2) is 0 Å². The van der Waals surface area contributed by atoms with Crippen LogP contribution in [0.15, 0.2) is 103 Å². The van der Waals surface area contributed by atoms with Crippen molar-refractivity contribution in [2.45, 2.75) is 77.5 Å². The normalized spacial score (nSPS) is 12.6. The molecule has 0 aliphatic rings. The second kappa shape index (κ2) is 16.3. The van der Waals surface area contributed by atoms with E-state index < -0.39 is 19.6 Å². The van der Waals surface area contributed by atoms with Gasteiger partial charge in [0.15, 0.2) is 0 Å². The van der Waals surface area contributed by atoms with Crippen molar-refractivity contribution in [3.63, 3.8) is 0 Å². The van der Waals surface area contributed by atoms with Crippen molar-refractivity contribution < 1.29 is 22.8 Å². The van der Waals surface area contributed by atoms with Crippen LogP contribution in [0.25, 0.3) is 53.8 Å². The molecule has 4 aromatic carbocycles. The second-order valence-electron chi connectivity index (χ2n) is 15.9. The maximum absolute atomic E-state index is 8.55. The fourth-order valence-corrected chi connectivity index (χ4v) is 9.83. The molecule has 7 aromatic rings. The topological polar surface area (TPSA) is 25.8 Å². The van der Waals surface area contributed by atoms with Crippen molar-refractivity contribution in [3.8, 4) is 33.6 Å². The van der Waals surface area contributed by atoms with Gasteiger partial charge in [0, 0.05) is 31.0 Å². The Balaban J connectivity index is 0.000000217. The number of aromatic nitrogens is 2. The molecule has 0 saturated carbocycles. The molecule has 2 nitrogen and oxygen atoms in total. The molecule has 0 saturated heterocycles. The summed E-state index contributed by atoms with van der Waals surface area (Å²) in [6.45, 7) is 14.9. The standard InChI is InChI=1S/C29H26NS.C18H24GeN.Ir/c1-18-14-19(2)16-20(15-18)22-8-7-11-26-27(22)24-10-6-9-23(28(24)31-26)25-17-21(12-13-30-25)29(3,4)5;1-14(2)11-16-12-17(19(3,4)5)13-20-18(16)15-9-7-6-8-10-15;/h6-8,10-17H,1-5H3;6-9,12-14H,11H2,1-5H3;/q2*-1;/i;11D2;. The molecule has 0 amide bonds. The molecule has 0 aliphatic heterocycles. The predicted octanol–water partition coefficient (Wildman–Crippen LogP) is 12.8. The van der Waals surface area contributed by atoms with Gasteiger partial charge in [-0.3, -0.25) is 0 Å².